The third kappa shape index (κ3) is 4.70. The molecule has 1 aromatic carbocycles. The Hall–Kier alpha value is -3.02. The lowest BCUT2D eigenvalue weighted by atomic mass is 10.2. The molecule has 0 atom stereocenters. The summed E-state index contributed by atoms with van der Waals surface area (Å²) in [6.45, 7) is 1.09. The van der Waals surface area contributed by atoms with Crippen LogP contribution in [0.5, 0.6) is 0 Å². The Morgan fingerprint density at radius 3 is 2.31 bits per heavy atom. The number of hydrogen-bond acceptors (Lipinski definition) is 6. The normalized spacial score (nSPS) is 11.8. The lowest BCUT2D eigenvalue weighted by Gasteiger charge is -2.23. The summed E-state index contributed by atoms with van der Waals surface area (Å²) in [5.41, 5.74) is 0.299. The molecular weight excluding hydrogens is 416 g/mol. The van der Waals surface area contributed by atoms with E-state index in [0.717, 1.165) is 16.4 Å². The van der Waals surface area contributed by atoms with E-state index in [9.17, 15) is 26.0 Å². The lowest BCUT2D eigenvalue weighted by molar-refractivity contribution is 0.116. The van der Waals surface area contributed by atoms with Crippen LogP contribution in [0.3, 0.4) is 0 Å². The molecule has 0 saturated carbocycles. The van der Waals surface area contributed by atoms with Gasteiger partial charge in [0.25, 0.3) is 5.89 Å². The molecule has 154 valence electrons. The third-order valence-electron chi connectivity index (χ3n) is 3.84. The fourth-order valence-electron chi connectivity index (χ4n) is 2.42. The number of benzene rings is 1. The van der Waals surface area contributed by atoms with Gasteiger partial charge in [-0.15, -0.1) is 10.2 Å². The number of sulfonamides is 1. The van der Waals surface area contributed by atoms with Crippen LogP contribution in [-0.2, 0) is 16.6 Å². The molecule has 0 N–H and O–H groups in total. The molecule has 0 unspecified atom stereocenters. The second-order valence-corrected chi connectivity index (χ2v) is 8.00. The van der Waals surface area contributed by atoms with Crippen LogP contribution >= 0.6 is 0 Å². The maximum absolute atomic E-state index is 13.6. The van der Waals surface area contributed by atoms with Crippen molar-refractivity contribution < 1.29 is 30.4 Å². The summed E-state index contributed by atoms with van der Waals surface area (Å²) in [4.78, 5) is 4.06. The standard InChI is InChI=1S/C17H14F4N4O3S/c1-2-29(26,27)25(14-6-11(18)5-12(19)7-14)9-13-4-3-10(8-22-13)16-23-24-17(28-16)15(20)21/h3-8,15H,2,9H2,1H3. The monoisotopic (exact) mass is 430 g/mol. The zero-order chi connectivity index (χ0) is 21.2. The fourth-order valence-corrected chi connectivity index (χ4v) is 3.49. The predicted molar refractivity (Wildman–Crippen MR) is 94.5 cm³/mol. The molecule has 0 saturated heterocycles. The Morgan fingerprint density at radius 2 is 1.79 bits per heavy atom. The van der Waals surface area contributed by atoms with Gasteiger partial charge in [-0.2, -0.15) is 8.78 Å². The Morgan fingerprint density at radius 1 is 1.10 bits per heavy atom. The van der Waals surface area contributed by atoms with Gasteiger partial charge in [-0.1, -0.05) is 0 Å². The smallest absolute Gasteiger partial charge is 0.314 e. The summed E-state index contributed by atoms with van der Waals surface area (Å²) >= 11 is 0. The van der Waals surface area contributed by atoms with Crippen LogP contribution in [-0.4, -0.2) is 29.4 Å². The number of hydrogen-bond donors (Lipinski definition) is 0. The van der Waals surface area contributed by atoms with Crippen molar-refractivity contribution in [3.05, 3.63) is 59.7 Å². The zero-order valence-corrected chi connectivity index (χ0v) is 15.7. The van der Waals surface area contributed by atoms with E-state index >= 15 is 0 Å². The molecule has 3 aromatic rings. The topological polar surface area (TPSA) is 89.2 Å². The van der Waals surface area contributed by atoms with E-state index in [-0.39, 0.29) is 35.1 Å². The molecule has 0 spiro atoms. The maximum Gasteiger partial charge on any atom is 0.314 e. The van der Waals surface area contributed by atoms with Crippen LogP contribution < -0.4 is 4.31 Å². The van der Waals surface area contributed by atoms with E-state index in [4.69, 9.17) is 4.42 Å². The highest BCUT2D eigenvalue weighted by Gasteiger charge is 2.23. The predicted octanol–water partition coefficient (Wildman–Crippen LogP) is 3.70. The van der Waals surface area contributed by atoms with Crippen LogP contribution in [0, 0.1) is 11.6 Å². The number of rotatable bonds is 7. The summed E-state index contributed by atoms with van der Waals surface area (Å²) in [5.74, 6) is -3.17. The number of anilines is 1. The average Bonchev–Trinajstić information content (AvgIpc) is 3.16. The van der Waals surface area contributed by atoms with Crippen molar-refractivity contribution in [1.82, 2.24) is 15.2 Å². The summed E-state index contributed by atoms with van der Waals surface area (Å²) in [6, 6.07) is 5.26. The zero-order valence-electron chi connectivity index (χ0n) is 14.9. The number of aromatic nitrogens is 3. The highest BCUT2D eigenvalue weighted by atomic mass is 32.2. The molecule has 0 aliphatic carbocycles. The number of alkyl halides is 2. The van der Waals surface area contributed by atoms with E-state index in [2.05, 4.69) is 15.2 Å². The Labute approximate surface area is 163 Å². The van der Waals surface area contributed by atoms with E-state index in [1.165, 1.54) is 25.3 Å². The quantitative estimate of drug-likeness (QED) is 0.531. The van der Waals surface area contributed by atoms with Gasteiger partial charge < -0.3 is 4.42 Å². The highest BCUT2D eigenvalue weighted by molar-refractivity contribution is 7.92. The number of nitrogens with zero attached hydrogens (tertiary/aromatic N) is 4. The molecule has 7 nitrogen and oxygen atoms in total. The molecule has 0 bridgehead atoms. The summed E-state index contributed by atoms with van der Waals surface area (Å²) < 4.78 is 82.7. The second kappa shape index (κ2) is 8.15. The molecular formula is C17H14F4N4O3S. The Kier molecular flexibility index (Phi) is 5.82. The van der Waals surface area contributed by atoms with Crippen molar-refractivity contribution in [2.75, 3.05) is 10.1 Å². The Bertz CT molecular complexity index is 1080. The summed E-state index contributed by atoms with van der Waals surface area (Å²) in [6.07, 6.45) is -1.68. The highest BCUT2D eigenvalue weighted by Crippen LogP contribution is 2.25. The van der Waals surface area contributed by atoms with E-state index in [1.54, 1.807) is 0 Å². The van der Waals surface area contributed by atoms with E-state index < -0.39 is 34.0 Å². The first kappa shape index (κ1) is 20.7. The molecule has 3 rings (SSSR count). The fraction of sp³-hybridized carbons (Fsp3) is 0.235. The minimum Gasteiger partial charge on any atom is -0.415 e. The molecule has 29 heavy (non-hydrogen) atoms. The SMILES string of the molecule is CCS(=O)(=O)N(Cc1ccc(-c2nnc(C(F)F)o2)cn1)c1cc(F)cc(F)c1. The van der Waals surface area contributed by atoms with Crippen molar-refractivity contribution in [3.8, 4) is 11.5 Å². The lowest BCUT2D eigenvalue weighted by Crippen LogP contribution is -2.32. The van der Waals surface area contributed by atoms with E-state index in [1.807, 2.05) is 0 Å². The first-order chi connectivity index (χ1) is 13.7. The van der Waals surface area contributed by atoms with Crippen molar-refractivity contribution >= 4 is 15.7 Å². The first-order valence-corrected chi connectivity index (χ1v) is 9.84. The molecule has 0 amide bonds. The summed E-state index contributed by atoms with van der Waals surface area (Å²) in [5, 5.41) is 6.70. The maximum atomic E-state index is 13.6. The van der Waals surface area contributed by atoms with Crippen LogP contribution in [0.15, 0.2) is 40.9 Å². The molecule has 2 aromatic heterocycles. The molecule has 0 radical (unpaired) electrons. The van der Waals surface area contributed by atoms with Crippen molar-refractivity contribution in [3.63, 3.8) is 0 Å². The Balaban J connectivity index is 1.89. The van der Waals surface area contributed by atoms with Gasteiger partial charge in [0.2, 0.25) is 15.9 Å². The van der Waals surface area contributed by atoms with Gasteiger partial charge in [0.15, 0.2) is 0 Å². The van der Waals surface area contributed by atoms with Crippen molar-refractivity contribution in [2.24, 2.45) is 0 Å². The van der Waals surface area contributed by atoms with Gasteiger partial charge in [0.1, 0.15) is 11.6 Å². The molecule has 12 heteroatoms. The van der Waals surface area contributed by atoms with Gasteiger partial charge in [-0.05, 0) is 31.2 Å². The average molecular weight is 430 g/mol. The van der Waals surface area contributed by atoms with Crippen LogP contribution in [0.4, 0.5) is 23.2 Å². The van der Waals surface area contributed by atoms with Crippen LogP contribution in [0.2, 0.25) is 0 Å². The minimum atomic E-state index is -3.88. The number of pyridine rings is 1. The summed E-state index contributed by atoms with van der Waals surface area (Å²) in [7, 11) is -3.88. The molecule has 2 heterocycles. The van der Waals surface area contributed by atoms with E-state index in [0.29, 0.717) is 6.07 Å². The van der Waals surface area contributed by atoms with Gasteiger partial charge in [0.05, 0.1) is 29.2 Å². The minimum absolute atomic E-state index is 0.176. The van der Waals surface area contributed by atoms with Gasteiger partial charge in [-0.3, -0.25) is 9.29 Å². The van der Waals surface area contributed by atoms with Gasteiger partial charge in [-0.25, -0.2) is 17.2 Å². The third-order valence-corrected chi connectivity index (χ3v) is 5.58. The second-order valence-electron chi connectivity index (χ2n) is 5.82. The largest absolute Gasteiger partial charge is 0.415 e. The van der Waals surface area contributed by atoms with Gasteiger partial charge >= 0.3 is 6.43 Å². The number of halogens is 4. The van der Waals surface area contributed by atoms with Gasteiger partial charge in [0, 0.05) is 12.3 Å². The molecule has 0 aliphatic heterocycles. The van der Waals surface area contributed by atoms with Crippen LogP contribution in [0.25, 0.3) is 11.5 Å². The van der Waals surface area contributed by atoms with Crippen LogP contribution in [0.1, 0.15) is 24.9 Å². The van der Waals surface area contributed by atoms with Crippen molar-refractivity contribution in [1.29, 1.82) is 0 Å². The molecule has 0 fully saturated rings. The molecule has 0 aliphatic rings. The van der Waals surface area contributed by atoms with Crippen molar-refractivity contribution in [2.45, 2.75) is 19.9 Å². The first-order valence-electron chi connectivity index (χ1n) is 8.23.